The summed E-state index contributed by atoms with van der Waals surface area (Å²) in [5, 5.41) is 5.87. The lowest BCUT2D eigenvalue weighted by molar-refractivity contribution is -0.137. The molecule has 0 aromatic heterocycles. The monoisotopic (exact) mass is 527 g/mol. The Hall–Kier alpha value is -1.72. The van der Waals surface area contributed by atoms with Crippen LogP contribution in [0.4, 0.5) is 18.9 Å². The molecule has 1 aliphatic rings. The average molecular weight is 527 g/mol. The molecule has 1 saturated heterocycles. The van der Waals surface area contributed by atoms with Crippen molar-refractivity contribution < 1.29 is 18.0 Å². The number of anilines is 1. The average Bonchev–Trinajstić information content (AvgIpc) is 2.67. The topological polar surface area (TPSA) is 60.0 Å². The van der Waals surface area contributed by atoms with E-state index in [2.05, 4.69) is 15.6 Å². The molecule has 2 N–H and O–H groups in total. The highest BCUT2D eigenvalue weighted by Crippen LogP contribution is 2.31. The molecule has 0 radical (unpaired) electrons. The van der Waals surface area contributed by atoms with Gasteiger partial charge in [-0.2, -0.15) is 13.2 Å². The van der Waals surface area contributed by atoms with Gasteiger partial charge in [-0.05, 0) is 32.0 Å². The molecule has 10 heteroatoms. The first-order chi connectivity index (χ1) is 13.1. The number of hydrogen-bond donors (Lipinski definition) is 2. The van der Waals surface area contributed by atoms with Crippen molar-refractivity contribution in [1.82, 2.24) is 15.5 Å². The van der Waals surface area contributed by atoms with Crippen LogP contribution in [0.5, 0.6) is 0 Å². The second-order valence-electron chi connectivity index (χ2n) is 7.39. The molecule has 0 atom stereocenters. The number of nitrogens with one attached hydrogen (secondary N) is 2. The van der Waals surface area contributed by atoms with E-state index >= 15 is 0 Å². The van der Waals surface area contributed by atoms with Gasteiger partial charge in [0.1, 0.15) is 0 Å². The van der Waals surface area contributed by atoms with E-state index in [9.17, 15) is 18.0 Å². The number of piperazine rings is 1. The Kier molecular flexibility index (Phi) is 9.04. The second-order valence-corrected chi connectivity index (χ2v) is 7.39. The lowest BCUT2D eigenvalue weighted by Gasteiger charge is -2.38. The number of hydrogen-bond acceptors (Lipinski definition) is 3. The van der Waals surface area contributed by atoms with Gasteiger partial charge in [0.2, 0.25) is 5.91 Å². The molecule has 1 heterocycles. The van der Waals surface area contributed by atoms with E-state index in [4.69, 9.17) is 0 Å². The molecular weight excluding hydrogens is 498 g/mol. The number of halogens is 4. The van der Waals surface area contributed by atoms with Crippen LogP contribution in [0.1, 0.15) is 19.4 Å². The van der Waals surface area contributed by atoms with Crippen LogP contribution >= 0.6 is 24.0 Å². The van der Waals surface area contributed by atoms with Crippen molar-refractivity contribution in [3.05, 3.63) is 29.8 Å². The second kappa shape index (κ2) is 10.4. The number of benzene rings is 1. The minimum atomic E-state index is -4.35. The minimum absolute atomic E-state index is 0. The van der Waals surface area contributed by atoms with Crippen molar-refractivity contribution in [2.75, 3.05) is 51.7 Å². The number of carbonyl (C=O) groups is 1. The number of rotatable bonds is 4. The molecule has 0 bridgehead atoms. The van der Waals surface area contributed by atoms with Crippen LogP contribution in [0.2, 0.25) is 0 Å². The summed E-state index contributed by atoms with van der Waals surface area (Å²) in [6, 6.07) is 5.41. The van der Waals surface area contributed by atoms with Gasteiger partial charge in [-0.25, -0.2) is 0 Å². The van der Waals surface area contributed by atoms with Gasteiger partial charge in [0, 0.05) is 52.5 Å². The van der Waals surface area contributed by atoms with E-state index in [1.54, 1.807) is 20.2 Å². The van der Waals surface area contributed by atoms with E-state index in [1.807, 2.05) is 23.6 Å². The van der Waals surface area contributed by atoms with Gasteiger partial charge in [0.25, 0.3) is 0 Å². The fourth-order valence-corrected chi connectivity index (χ4v) is 3.11. The Balaban J connectivity index is 0.00000420. The highest BCUT2D eigenvalue weighted by atomic mass is 127. The summed E-state index contributed by atoms with van der Waals surface area (Å²) in [4.78, 5) is 20.2. The molecule has 29 heavy (non-hydrogen) atoms. The third-order valence-electron chi connectivity index (χ3n) is 4.86. The first kappa shape index (κ1) is 25.3. The van der Waals surface area contributed by atoms with E-state index in [1.165, 1.54) is 12.1 Å². The van der Waals surface area contributed by atoms with Gasteiger partial charge in [0.05, 0.1) is 11.0 Å². The number of guanidine groups is 1. The number of aliphatic imine (C=N–C) groups is 1. The predicted molar refractivity (Wildman–Crippen MR) is 120 cm³/mol. The van der Waals surface area contributed by atoms with Gasteiger partial charge in [0.15, 0.2) is 5.96 Å². The van der Waals surface area contributed by atoms with Crippen LogP contribution in [0.25, 0.3) is 0 Å². The van der Waals surface area contributed by atoms with Crippen molar-refractivity contribution in [2.45, 2.75) is 20.0 Å². The Bertz CT molecular complexity index is 716. The molecule has 164 valence electrons. The van der Waals surface area contributed by atoms with Crippen molar-refractivity contribution >= 4 is 41.5 Å². The van der Waals surface area contributed by atoms with Crippen molar-refractivity contribution in [1.29, 1.82) is 0 Å². The SMILES string of the molecule is CN=C(NCC(C)(C)C(=O)NC)N1CCN(c2cccc(C(F)(F)F)c2)CC1.I. The maximum Gasteiger partial charge on any atom is 0.416 e. The fraction of sp³-hybridized carbons (Fsp3) is 0.579. The van der Waals surface area contributed by atoms with E-state index in [0.29, 0.717) is 44.4 Å². The maximum absolute atomic E-state index is 12.9. The minimum Gasteiger partial charge on any atom is -0.368 e. The van der Waals surface area contributed by atoms with Crippen molar-refractivity contribution in [3.8, 4) is 0 Å². The Morgan fingerprint density at radius 2 is 1.79 bits per heavy atom. The molecule has 0 spiro atoms. The van der Waals surface area contributed by atoms with Gasteiger partial charge in [-0.15, -0.1) is 24.0 Å². The quantitative estimate of drug-likeness (QED) is 0.360. The van der Waals surface area contributed by atoms with E-state index in [-0.39, 0.29) is 29.9 Å². The van der Waals surface area contributed by atoms with Crippen LogP contribution in [0.15, 0.2) is 29.3 Å². The molecule has 0 aliphatic carbocycles. The Morgan fingerprint density at radius 1 is 1.17 bits per heavy atom. The molecule has 0 saturated carbocycles. The van der Waals surface area contributed by atoms with Crippen LogP contribution in [-0.4, -0.2) is 63.6 Å². The summed E-state index contributed by atoms with van der Waals surface area (Å²) >= 11 is 0. The van der Waals surface area contributed by atoms with Gasteiger partial charge >= 0.3 is 6.18 Å². The third kappa shape index (κ3) is 6.65. The van der Waals surface area contributed by atoms with Crippen LogP contribution in [-0.2, 0) is 11.0 Å². The zero-order chi connectivity index (χ0) is 20.9. The number of amides is 1. The maximum atomic E-state index is 12.9. The summed E-state index contributed by atoms with van der Waals surface area (Å²) in [7, 11) is 3.28. The standard InChI is InChI=1S/C19H28F3N5O.HI/c1-18(2,16(28)23-3)13-25-17(24-4)27-10-8-26(9-11-27)15-7-5-6-14(12-15)19(20,21)22;/h5-7,12H,8-11,13H2,1-4H3,(H,23,28)(H,24,25);1H. The number of nitrogens with zero attached hydrogens (tertiary/aromatic N) is 3. The summed E-state index contributed by atoms with van der Waals surface area (Å²) in [5.41, 5.74) is -0.663. The number of alkyl halides is 3. The Labute approximate surface area is 186 Å². The molecule has 0 unspecified atom stereocenters. The molecule has 1 amide bonds. The normalized spacial score (nSPS) is 15.6. The molecule has 2 rings (SSSR count). The van der Waals surface area contributed by atoms with Gasteiger partial charge in [-0.1, -0.05) is 6.07 Å². The summed E-state index contributed by atoms with van der Waals surface area (Å²) in [5.74, 6) is 0.616. The largest absolute Gasteiger partial charge is 0.416 e. The summed E-state index contributed by atoms with van der Waals surface area (Å²) in [6.07, 6.45) is -4.35. The lowest BCUT2D eigenvalue weighted by atomic mass is 9.92. The van der Waals surface area contributed by atoms with Crippen molar-refractivity contribution in [2.24, 2.45) is 10.4 Å². The van der Waals surface area contributed by atoms with Gasteiger partial charge < -0.3 is 20.4 Å². The Morgan fingerprint density at radius 3 is 2.31 bits per heavy atom. The third-order valence-corrected chi connectivity index (χ3v) is 4.86. The highest BCUT2D eigenvalue weighted by molar-refractivity contribution is 14.0. The first-order valence-electron chi connectivity index (χ1n) is 9.18. The predicted octanol–water partition coefficient (Wildman–Crippen LogP) is 2.79. The highest BCUT2D eigenvalue weighted by Gasteiger charge is 2.31. The molecule has 1 aliphatic heterocycles. The van der Waals surface area contributed by atoms with Gasteiger partial charge in [-0.3, -0.25) is 9.79 Å². The summed E-state index contributed by atoms with van der Waals surface area (Å²) in [6.45, 7) is 6.52. The van der Waals surface area contributed by atoms with Crippen LogP contribution in [0, 0.1) is 5.41 Å². The fourth-order valence-electron chi connectivity index (χ4n) is 3.11. The van der Waals surface area contributed by atoms with E-state index < -0.39 is 17.2 Å². The zero-order valence-corrected chi connectivity index (χ0v) is 19.5. The molecule has 1 aromatic rings. The van der Waals surface area contributed by atoms with Crippen molar-refractivity contribution in [3.63, 3.8) is 0 Å². The molecule has 1 aromatic carbocycles. The first-order valence-corrected chi connectivity index (χ1v) is 9.18. The van der Waals surface area contributed by atoms with Crippen LogP contribution < -0.4 is 15.5 Å². The molecule has 1 fully saturated rings. The lowest BCUT2D eigenvalue weighted by Crippen LogP contribution is -2.54. The molecular formula is C19H29F3IN5O. The van der Waals surface area contributed by atoms with Crippen LogP contribution in [0.3, 0.4) is 0 Å². The number of carbonyl (C=O) groups excluding carboxylic acids is 1. The van der Waals surface area contributed by atoms with E-state index in [0.717, 1.165) is 6.07 Å². The molecule has 6 nitrogen and oxygen atoms in total. The smallest absolute Gasteiger partial charge is 0.368 e. The zero-order valence-electron chi connectivity index (χ0n) is 17.1. The summed E-state index contributed by atoms with van der Waals surface area (Å²) < 4.78 is 38.8.